The van der Waals surface area contributed by atoms with Crippen molar-refractivity contribution in [2.45, 2.75) is 37.7 Å². The summed E-state index contributed by atoms with van der Waals surface area (Å²) < 4.78 is 52.5. The van der Waals surface area contributed by atoms with E-state index in [0.717, 1.165) is 6.92 Å². The zero-order valence-electron chi connectivity index (χ0n) is 12.6. The lowest BCUT2D eigenvalue weighted by Crippen LogP contribution is -2.44. The number of pyridine rings is 1. The van der Waals surface area contributed by atoms with Gasteiger partial charge in [0.05, 0.1) is 0 Å². The standard InChI is InChI=1S/C14H14F4N6/c1-13(15,16)9-4-2-3-8(21-9)10-22-11(19)24-12(23-10)20-7-5-14(17,18)6-7/h2-4,7H,5-6H2,1H3,(H3,19,20,22,23,24). The van der Waals surface area contributed by atoms with Crippen molar-refractivity contribution >= 4 is 11.9 Å². The average Bonchev–Trinajstić information content (AvgIpc) is 2.44. The van der Waals surface area contributed by atoms with E-state index >= 15 is 0 Å². The van der Waals surface area contributed by atoms with Gasteiger partial charge in [0.2, 0.25) is 11.9 Å². The predicted molar refractivity (Wildman–Crippen MR) is 78.6 cm³/mol. The van der Waals surface area contributed by atoms with Gasteiger partial charge < -0.3 is 11.1 Å². The molecule has 0 saturated heterocycles. The first-order chi connectivity index (χ1) is 11.1. The Bertz CT molecular complexity index is 753. The number of hydrogen-bond donors (Lipinski definition) is 2. The maximum atomic E-state index is 13.4. The first-order valence-electron chi connectivity index (χ1n) is 7.14. The van der Waals surface area contributed by atoms with E-state index in [4.69, 9.17) is 5.73 Å². The molecule has 0 aliphatic heterocycles. The number of rotatable bonds is 4. The Labute approximate surface area is 134 Å². The Balaban J connectivity index is 1.86. The van der Waals surface area contributed by atoms with Crippen LogP contribution in [0.3, 0.4) is 0 Å². The van der Waals surface area contributed by atoms with Crippen LogP contribution in [0, 0.1) is 0 Å². The number of anilines is 2. The molecule has 128 valence electrons. The first kappa shape index (κ1) is 16.3. The van der Waals surface area contributed by atoms with E-state index in [0.29, 0.717) is 0 Å². The molecule has 0 spiro atoms. The fourth-order valence-electron chi connectivity index (χ4n) is 2.32. The van der Waals surface area contributed by atoms with Crippen molar-refractivity contribution in [3.63, 3.8) is 0 Å². The topological polar surface area (TPSA) is 89.6 Å². The van der Waals surface area contributed by atoms with Crippen LogP contribution in [0.5, 0.6) is 0 Å². The summed E-state index contributed by atoms with van der Waals surface area (Å²) in [5.41, 5.74) is 5.23. The van der Waals surface area contributed by atoms with Gasteiger partial charge in [-0.25, -0.2) is 13.8 Å². The van der Waals surface area contributed by atoms with Gasteiger partial charge in [0.1, 0.15) is 11.4 Å². The van der Waals surface area contributed by atoms with Gasteiger partial charge in [0, 0.05) is 25.8 Å². The Morgan fingerprint density at radius 3 is 2.50 bits per heavy atom. The predicted octanol–water partition coefficient (Wildman–Crippen LogP) is 2.84. The fourth-order valence-corrected chi connectivity index (χ4v) is 2.32. The fraction of sp³-hybridized carbons (Fsp3) is 0.429. The molecule has 0 atom stereocenters. The van der Waals surface area contributed by atoms with Crippen LogP contribution in [0.15, 0.2) is 18.2 Å². The van der Waals surface area contributed by atoms with E-state index < -0.39 is 23.6 Å². The molecule has 2 aromatic heterocycles. The van der Waals surface area contributed by atoms with E-state index in [1.165, 1.54) is 18.2 Å². The quantitative estimate of drug-likeness (QED) is 0.831. The van der Waals surface area contributed by atoms with Crippen LogP contribution in [0.25, 0.3) is 11.5 Å². The highest BCUT2D eigenvalue weighted by Crippen LogP contribution is 2.38. The Morgan fingerprint density at radius 2 is 1.88 bits per heavy atom. The molecule has 0 bridgehead atoms. The summed E-state index contributed by atoms with van der Waals surface area (Å²) in [6, 6.07) is 3.55. The lowest BCUT2D eigenvalue weighted by atomic mass is 9.88. The summed E-state index contributed by atoms with van der Waals surface area (Å²) in [6.07, 6.45) is -0.659. The molecule has 10 heteroatoms. The molecule has 0 amide bonds. The number of nitrogens with one attached hydrogen (secondary N) is 1. The zero-order valence-corrected chi connectivity index (χ0v) is 12.6. The van der Waals surface area contributed by atoms with Crippen LogP contribution in [0.1, 0.15) is 25.5 Å². The smallest absolute Gasteiger partial charge is 0.286 e. The Hall–Kier alpha value is -2.52. The third-order valence-electron chi connectivity index (χ3n) is 3.50. The van der Waals surface area contributed by atoms with Gasteiger partial charge >= 0.3 is 0 Å². The maximum Gasteiger partial charge on any atom is 0.286 e. The number of nitrogens with zero attached hydrogens (tertiary/aromatic N) is 4. The second-order valence-corrected chi connectivity index (χ2v) is 5.74. The molecule has 0 aromatic carbocycles. The van der Waals surface area contributed by atoms with Gasteiger partial charge in [0.15, 0.2) is 5.82 Å². The molecule has 1 fully saturated rings. The summed E-state index contributed by atoms with van der Waals surface area (Å²) in [7, 11) is 0. The summed E-state index contributed by atoms with van der Waals surface area (Å²) >= 11 is 0. The number of aromatic nitrogens is 4. The third-order valence-corrected chi connectivity index (χ3v) is 3.50. The van der Waals surface area contributed by atoms with Crippen molar-refractivity contribution in [2.75, 3.05) is 11.1 Å². The normalized spacial score (nSPS) is 17.4. The summed E-state index contributed by atoms with van der Waals surface area (Å²) in [5.74, 6) is -5.98. The molecule has 6 nitrogen and oxygen atoms in total. The van der Waals surface area contributed by atoms with Crippen LogP contribution in [0.4, 0.5) is 29.5 Å². The van der Waals surface area contributed by atoms with Crippen LogP contribution < -0.4 is 11.1 Å². The molecule has 1 aliphatic rings. The molecule has 0 radical (unpaired) electrons. The molecular formula is C14H14F4N6. The van der Waals surface area contributed by atoms with E-state index in [9.17, 15) is 17.6 Å². The molecule has 1 aliphatic carbocycles. The van der Waals surface area contributed by atoms with E-state index in [1.54, 1.807) is 0 Å². The van der Waals surface area contributed by atoms with E-state index in [2.05, 4.69) is 25.3 Å². The van der Waals surface area contributed by atoms with E-state index in [1.807, 2.05) is 0 Å². The van der Waals surface area contributed by atoms with Crippen molar-refractivity contribution in [1.82, 2.24) is 19.9 Å². The second-order valence-electron chi connectivity index (χ2n) is 5.74. The summed E-state index contributed by atoms with van der Waals surface area (Å²) in [5, 5.41) is 2.73. The van der Waals surface area contributed by atoms with Crippen molar-refractivity contribution in [3.05, 3.63) is 23.9 Å². The van der Waals surface area contributed by atoms with Gasteiger partial charge in [-0.3, -0.25) is 0 Å². The molecule has 2 aromatic rings. The van der Waals surface area contributed by atoms with Gasteiger partial charge in [-0.15, -0.1) is 0 Å². The van der Waals surface area contributed by atoms with Gasteiger partial charge in [0.25, 0.3) is 11.8 Å². The number of nitrogen functional groups attached to an aromatic ring is 1. The molecule has 2 heterocycles. The maximum absolute atomic E-state index is 13.4. The minimum atomic E-state index is -3.12. The molecule has 3 N–H and O–H groups in total. The monoisotopic (exact) mass is 342 g/mol. The number of hydrogen-bond acceptors (Lipinski definition) is 6. The van der Waals surface area contributed by atoms with Gasteiger partial charge in [-0.05, 0) is 12.1 Å². The largest absolute Gasteiger partial charge is 0.368 e. The molecule has 1 saturated carbocycles. The highest BCUT2D eigenvalue weighted by Gasteiger charge is 2.45. The van der Waals surface area contributed by atoms with Crippen molar-refractivity contribution < 1.29 is 17.6 Å². The first-order valence-corrected chi connectivity index (χ1v) is 7.14. The minimum Gasteiger partial charge on any atom is -0.368 e. The molecule has 0 unspecified atom stereocenters. The van der Waals surface area contributed by atoms with Crippen molar-refractivity contribution in [3.8, 4) is 11.5 Å². The lowest BCUT2D eigenvalue weighted by Gasteiger charge is -2.35. The zero-order chi connectivity index (χ0) is 17.5. The van der Waals surface area contributed by atoms with Crippen LogP contribution in [-0.4, -0.2) is 31.9 Å². The van der Waals surface area contributed by atoms with Crippen LogP contribution in [0.2, 0.25) is 0 Å². The molecule has 3 rings (SSSR count). The molecule has 24 heavy (non-hydrogen) atoms. The number of halogens is 4. The minimum absolute atomic E-state index is 0.00783. The second kappa shape index (κ2) is 5.53. The van der Waals surface area contributed by atoms with Gasteiger partial charge in [-0.2, -0.15) is 23.7 Å². The van der Waals surface area contributed by atoms with Crippen molar-refractivity contribution in [1.29, 1.82) is 0 Å². The van der Waals surface area contributed by atoms with Gasteiger partial charge in [-0.1, -0.05) is 6.07 Å². The summed E-state index contributed by atoms with van der Waals surface area (Å²) in [6.45, 7) is 0.727. The molecular weight excluding hydrogens is 328 g/mol. The summed E-state index contributed by atoms with van der Waals surface area (Å²) in [4.78, 5) is 15.5. The third kappa shape index (κ3) is 3.52. The number of nitrogens with two attached hydrogens (primary N) is 1. The average molecular weight is 342 g/mol. The Morgan fingerprint density at radius 1 is 1.17 bits per heavy atom. The SMILES string of the molecule is CC(F)(F)c1cccc(-c2nc(N)nc(NC3CC(F)(F)C3)n2)n1. The van der Waals surface area contributed by atoms with Crippen LogP contribution >= 0.6 is 0 Å². The Kier molecular flexibility index (Phi) is 3.77. The van der Waals surface area contributed by atoms with Crippen molar-refractivity contribution in [2.24, 2.45) is 0 Å². The lowest BCUT2D eigenvalue weighted by molar-refractivity contribution is -0.0794. The van der Waals surface area contributed by atoms with Crippen LogP contribution in [-0.2, 0) is 5.92 Å². The number of alkyl halides is 4. The highest BCUT2D eigenvalue weighted by atomic mass is 19.3. The van der Waals surface area contributed by atoms with E-state index in [-0.39, 0.29) is 36.3 Å². The highest BCUT2D eigenvalue weighted by molar-refractivity contribution is 5.53.